The SMILES string of the molecule is COC.F[C-](F)F.[Cd]. The summed E-state index contributed by atoms with van der Waals surface area (Å²) in [5.41, 5.74) is 0. The Morgan fingerprint density at radius 3 is 1.12 bits per heavy atom. The summed E-state index contributed by atoms with van der Waals surface area (Å²) in [5, 5.41) is 0. The topological polar surface area (TPSA) is 9.23 Å². The van der Waals surface area contributed by atoms with E-state index in [0.29, 0.717) is 0 Å². The predicted octanol–water partition coefficient (Wildman–Crippen LogP) is 1.60. The summed E-state index contributed by atoms with van der Waals surface area (Å²) in [6, 6.07) is 0. The number of rotatable bonds is 0. The molecule has 0 heterocycles. The van der Waals surface area contributed by atoms with Crippen LogP contribution in [0, 0.1) is 6.68 Å². The molecule has 0 atom stereocenters. The molecular formula is C3H6CdF3O-. The normalized spacial score (nSPS) is 6.75. The minimum atomic E-state index is -3.08. The second kappa shape index (κ2) is 15.6. The molecule has 0 aliphatic heterocycles. The number of hydrogen-bond donors (Lipinski definition) is 0. The summed E-state index contributed by atoms with van der Waals surface area (Å²) < 4.78 is 33.0. The van der Waals surface area contributed by atoms with Crippen molar-refractivity contribution in [3.05, 3.63) is 6.68 Å². The predicted molar refractivity (Wildman–Crippen MR) is 19.5 cm³/mol. The van der Waals surface area contributed by atoms with Crippen LogP contribution in [0.5, 0.6) is 0 Å². The Kier molecular flexibility index (Phi) is 31.0. The maximum atomic E-state index is 9.58. The Hall–Kier alpha value is 0.672. The largest absolute Gasteiger partial charge is 0.388 e. The van der Waals surface area contributed by atoms with Gasteiger partial charge >= 0.3 is 0 Å². The van der Waals surface area contributed by atoms with Gasteiger partial charge in [0.15, 0.2) is 6.68 Å². The smallest absolute Gasteiger partial charge is 0.154 e. The zero-order valence-corrected chi connectivity index (χ0v) is 8.79. The number of halogens is 3. The van der Waals surface area contributed by atoms with Gasteiger partial charge in [0, 0.05) is 41.5 Å². The molecule has 1 nitrogen and oxygen atoms in total. The summed E-state index contributed by atoms with van der Waals surface area (Å²) in [4.78, 5) is 0. The van der Waals surface area contributed by atoms with Gasteiger partial charge in [-0.05, 0) is 0 Å². The third kappa shape index (κ3) is 475. The fraction of sp³-hybridized carbons (Fsp3) is 0.667. The standard InChI is InChI=1S/C2H6O.CF3.Cd/c1-3-2;2-1(3)4;/h1-2H3;;/q;-1;. The summed E-state index contributed by atoms with van der Waals surface area (Å²) >= 11 is 0. The molecule has 0 unspecified atom stereocenters. The third-order valence-corrected chi connectivity index (χ3v) is 0. The molecule has 0 aromatic carbocycles. The molecule has 0 radical (unpaired) electrons. The first-order valence-corrected chi connectivity index (χ1v) is 1.38. The van der Waals surface area contributed by atoms with E-state index in [1.807, 2.05) is 0 Å². The molecule has 0 saturated heterocycles. The van der Waals surface area contributed by atoms with Crippen LogP contribution >= 0.6 is 0 Å². The van der Waals surface area contributed by atoms with E-state index < -0.39 is 6.68 Å². The van der Waals surface area contributed by atoms with E-state index in [0.717, 1.165) is 0 Å². The van der Waals surface area contributed by atoms with Gasteiger partial charge in [-0.1, -0.05) is 0 Å². The molecule has 0 spiro atoms. The van der Waals surface area contributed by atoms with Gasteiger partial charge in [0.05, 0.1) is 0 Å². The fourth-order valence-electron chi connectivity index (χ4n) is 0. The van der Waals surface area contributed by atoms with Crippen molar-refractivity contribution in [2.24, 2.45) is 0 Å². The summed E-state index contributed by atoms with van der Waals surface area (Å²) in [5.74, 6) is 0. The van der Waals surface area contributed by atoms with Crippen LogP contribution in [-0.2, 0) is 32.0 Å². The first kappa shape index (κ1) is 15.9. The molecule has 0 fully saturated rings. The van der Waals surface area contributed by atoms with Crippen LogP contribution in [0.1, 0.15) is 0 Å². The van der Waals surface area contributed by atoms with E-state index in [2.05, 4.69) is 4.74 Å². The number of methoxy groups -OCH3 is 1. The Balaban J connectivity index is -0.0000000575. The van der Waals surface area contributed by atoms with Crippen molar-refractivity contribution in [2.45, 2.75) is 0 Å². The average molecular weight is 227 g/mol. The maximum Gasteiger partial charge on any atom is 0.154 e. The van der Waals surface area contributed by atoms with Crippen molar-refractivity contribution in [1.82, 2.24) is 0 Å². The van der Waals surface area contributed by atoms with Crippen molar-refractivity contribution in [3.8, 4) is 0 Å². The van der Waals surface area contributed by atoms with E-state index in [1.54, 1.807) is 14.2 Å². The van der Waals surface area contributed by atoms with E-state index in [4.69, 9.17) is 0 Å². The molecule has 0 rings (SSSR count). The van der Waals surface area contributed by atoms with Crippen LogP contribution in [0.4, 0.5) is 13.2 Å². The van der Waals surface area contributed by atoms with E-state index in [-0.39, 0.29) is 27.3 Å². The van der Waals surface area contributed by atoms with Crippen LogP contribution in [0.2, 0.25) is 0 Å². The maximum absolute atomic E-state index is 9.58. The molecule has 0 aliphatic carbocycles. The molecule has 0 aliphatic rings. The van der Waals surface area contributed by atoms with E-state index >= 15 is 0 Å². The number of ether oxygens (including phenoxy) is 1. The Morgan fingerprint density at radius 2 is 1.12 bits per heavy atom. The Bertz CT molecular complexity index is 25.7. The molecule has 8 heavy (non-hydrogen) atoms. The zero-order valence-electron chi connectivity index (χ0n) is 4.75. The quantitative estimate of drug-likeness (QED) is 0.451. The van der Waals surface area contributed by atoms with Crippen molar-refractivity contribution in [3.63, 3.8) is 0 Å². The van der Waals surface area contributed by atoms with Crippen LogP contribution in [0.25, 0.3) is 0 Å². The monoisotopic (exact) mass is 229 g/mol. The second-order valence-corrected chi connectivity index (χ2v) is 0.623. The third-order valence-electron chi connectivity index (χ3n) is 0. The molecule has 48 valence electrons. The van der Waals surface area contributed by atoms with Gasteiger partial charge in [-0.25, -0.2) is 0 Å². The first-order chi connectivity index (χ1) is 3.15. The minimum Gasteiger partial charge on any atom is -0.388 e. The molecule has 5 heteroatoms. The molecule has 0 aromatic heterocycles. The number of hydrogen-bond acceptors (Lipinski definition) is 1. The Morgan fingerprint density at radius 1 is 1.12 bits per heavy atom. The van der Waals surface area contributed by atoms with Gasteiger partial charge in [-0.2, -0.15) is 0 Å². The minimum absolute atomic E-state index is 0. The van der Waals surface area contributed by atoms with Crippen LogP contribution in [0.3, 0.4) is 0 Å². The molecule has 0 amide bonds. The van der Waals surface area contributed by atoms with Gasteiger partial charge in [0.2, 0.25) is 0 Å². The van der Waals surface area contributed by atoms with Crippen LogP contribution in [-0.4, -0.2) is 14.2 Å². The summed E-state index contributed by atoms with van der Waals surface area (Å²) in [7, 11) is 3.25. The van der Waals surface area contributed by atoms with Crippen molar-refractivity contribution in [2.75, 3.05) is 14.2 Å². The average Bonchev–Trinajstić information content (AvgIpc) is 1.33. The summed E-state index contributed by atoms with van der Waals surface area (Å²) in [6.07, 6.45) is 0. The molecule has 0 N–H and O–H groups in total. The second-order valence-electron chi connectivity index (χ2n) is 0.623. The molecule has 0 aromatic rings. The first-order valence-electron chi connectivity index (χ1n) is 1.38. The fourth-order valence-corrected chi connectivity index (χ4v) is 0. The van der Waals surface area contributed by atoms with Crippen LogP contribution in [0.15, 0.2) is 0 Å². The molecule has 0 bridgehead atoms. The van der Waals surface area contributed by atoms with Gasteiger partial charge in [0.25, 0.3) is 0 Å². The Labute approximate surface area is 66.4 Å². The molecule has 0 saturated carbocycles. The van der Waals surface area contributed by atoms with Gasteiger partial charge < -0.3 is 17.9 Å². The van der Waals surface area contributed by atoms with E-state index in [1.165, 1.54) is 0 Å². The van der Waals surface area contributed by atoms with Gasteiger partial charge in [-0.3, -0.25) is 0 Å². The van der Waals surface area contributed by atoms with E-state index in [9.17, 15) is 13.2 Å². The van der Waals surface area contributed by atoms with Gasteiger partial charge in [-0.15, -0.1) is 0 Å². The van der Waals surface area contributed by atoms with Crippen molar-refractivity contribution < 1.29 is 45.2 Å². The van der Waals surface area contributed by atoms with Crippen LogP contribution < -0.4 is 0 Å². The molecular weight excluding hydrogens is 221 g/mol. The zero-order chi connectivity index (χ0) is 6.28. The van der Waals surface area contributed by atoms with Crippen molar-refractivity contribution >= 4 is 0 Å². The van der Waals surface area contributed by atoms with Crippen molar-refractivity contribution in [1.29, 1.82) is 0 Å². The summed E-state index contributed by atoms with van der Waals surface area (Å²) in [6.45, 7) is -3.08. The van der Waals surface area contributed by atoms with Gasteiger partial charge in [0.1, 0.15) is 0 Å².